The fraction of sp³-hybridized carbons (Fsp3) is 0.692. The van der Waals surface area contributed by atoms with Gasteiger partial charge in [-0.2, -0.15) is 0 Å². The summed E-state index contributed by atoms with van der Waals surface area (Å²) in [5.41, 5.74) is 3.25. The second-order valence-electron chi connectivity index (χ2n) is 4.40. The van der Waals surface area contributed by atoms with Gasteiger partial charge in [0, 0.05) is 11.4 Å². The third-order valence-electron chi connectivity index (χ3n) is 3.17. The van der Waals surface area contributed by atoms with Crippen LogP contribution in [0.1, 0.15) is 48.6 Å². The molecule has 1 heterocycles. The van der Waals surface area contributed by atoms with Gasteiger partial charge in [0.15, 0.2) is 0 Å². The Morgan fingerprint density at radius 3 is 3.07 bits per heavy atom. The standard InChI is InChI=1S/C13H21NS/c1-2-3-8-14-9-11-10-15-13-7-5-4-6-12(11)13/h10,14H,2-9H2,1H3. The smallest absolute Gasteiger partial charge is 0.0216 e. The molecule has 1 aromatic rings. The highest BCUT2D eigenvalue weighted by Gasteiger charge is 2.14. The van der Waals surface area contributed by atoms with E-state index >= 15 is 0 Å². The third-order valence-corrected chi connectivity index (χ3v) is 4.31. The minimum absolute atomic E-state index is 1.09. The van der Waals surface area contributed by atoms with E-state index in [-0.39, 0.29) is 0 Å². The Balaban J connectivity index is 1.88. The van der Waals surface area contributed by atoms with Crippen molar-refractivity contribution in [3.63, 3.8) is 0 Å². The number of unbranched alkanes of at least 4 members (excludes halogenated alkanes) is 1. The van der Waals surface area contributed by atoms with E-state index in [0.717, 1.165) is 6.54 Å². The Labute approximate surface area is 96.9 Å². The zero-order valence-electron chi connectivity index (χ0n) is 9.64. The van der Waals surface area contributed by atoms with Crippen molar-refractivity contribution in [1.82, 2.24) is 5.32 Å². The Morgan fingerprint density at radius 1 is 1.33 bits per heavy atom. The number of rotatable bonds is 5. The van der Waals surface area contributed by atoms with Crippen molar-refractivity contribution in [3.8, 4) is 0 Å². The Bertz CT molecular complexity index is 303. The predicted molar refractivity (Wildman–Crippen MR) is 67.6 cm³/mol. The van der Waals surface area contributed by atoms with Gasteiger partial charge in [0.05, 0.1) is 0 Å². The summed E-state index contributed by atoms with van der Waals surface area (Å²) in [6, 6.07) is 0. The maximum Gasteiger partial charge on any atom is 0.0216 e. The van der Waals surface area contributed by atoms with Gasteiger partial charge in [-0.25, -0.2) is 0 Å². The number of hydrogen-bond acceptors (Lipinski definition) is 2. The van der Waals surface area contributed by atoms with Gasteiger partial charge in [-0.15, -0.1) is 11.3 Å². The molecule has 1 N–H and O–H groups in total. The molecule has 1 aliphatic carbocycles. The lowest BCUT2D eigenvalue weighted by Crippen LogP contribution is -2.15. The molecule has 1 nitrogen and oxygen atoms in total. The van der Waals surface area contributed by atoms with Crippen LogP contribution in [0.5, 0.6) is 0 Å². The third kappa shape index (κ3) is 2.82. The van der Waals surface area contributed by atoms with Gasteiger partial charge in [0.2, 0.25) is 0 Å². The number of aryl methyl sites for hydroxylation is 1. The fourth-order valence-corrected chi connectivity index (χ4v) is 3.38. The molecule has 2 heteroatoms. The van der Waals surface area contributed by atoms with Crippen LogP contribution in [0.15, 0.2) is 5.38 Å². The van der Waals surface area contributed by atoms with Gasteiger partial charge in [-0.3, -0.25) is 0 Å². The van der Waals surface area contributed by atoms with Crippen LogP contribution < -0.4 is 5.32 Å². The van der Waals surface area contributed by atoms with Gasteiger partial charge >= 0.3 is 0 Å². The predicted octanol–water partition coefficient (Wildman–Crippen LogP) is 3.52. The molecular formula is C13H21NS. The molecule has 0 radical (unpaired) electrons. The van der Waals surface area contributed by atoms with Crippen LogP contribution in [-0.4, -0.2) is 6.54 Å². The number of thiophene rings is 1. The quantitative estimate of drug-likeness (QED) is 0.753. The molecule has 1 aliphatic rings. The van der Waals surface area contributed by atoms with Crippen molar-refractivity contribution in [1.29, 1.82) is 0 Å². The van der Waals surface area contributed by atoms with Crippen molar-refractivity contribution >= 4 is 11.3 Å². The number of hydrogen-bond donors (Lipinski definition) is 1. The first-order chi connectivity index (χ1) is 7.42. The van der Waals surface area contributed by atoms with E-state index in [1.54, 1.807) is 16.0 Å². The molecular weight excluding hydrogens is 202 g/mol. The lowest BCUT2D eigenvalue weighted by atomic mass is 9.96. The molecule has 0 atom stereocenters. The van der Waals surface area contributed by atoms with E-state index in [2.05, 4.69) is 17.6 Å². The molecule has 2 rings (SSSR count). The molecule has 0 unspecified atom stereocenters. The van der Waals surface area contributed by atoms with Crippen molar-refractivity contribution in [2.24, 2.45) is 0 Å². The van der Waals surface area contributed by atoms with Crippen LogP contribution in [0.25, 0.3) is 0 Å². The molecule has 15 heavy (non-hydrogen) atoms. The van der Waals surface area contributed by atoms with Crippen molar-refractivity contribution in [2.75, 3.05) is 6.54 Å². The van der Waals surface area contributed by atoms with Crippen LogP contribution in [0.3, 0.4) is 0 Å². The first-order valence-corrected chi connectivity index (χ1v) is 7.08. The number of nitrogens with one attached hydrogen (secondary N) is 1. The second-order valence-corrected chi connectivity index (χ2v) is 5.36. The average Bonchev–Trinajstić information content (AvgIpc) is 2.68. The largest absolute Gasteiger partial charge is 0.313 e. The summed E-state index contributed by atoms with van der Waals surface area (Å²) in [4.78, 5) is 1.66. The SMILES string of the molecule is CCCCNCc1csc2c1CCCC2. The van der Waals surface area contributed by atoms with Crippen molar-refractivity contribution < 1.29 is 0 Å². The lowest BCUT2D eigenvalue weighted by molar-refractivity contribution is 0.631. The van der Waals surface area contributed by atoms with Crippen LogP contribution >= 0.6 is 11.3 Å². The Morgan fingerprint density at radius 2 is 2.20 bits per heavy atom. The summed E-state index contributed by atoms with van der Waals surface area (Å²) in [6.45, 7) is 4.50. The van der Waals surface area contributed by atoms with Crippen molar-refractivity contribution in [2.45, 2.75) is 52.0 Å². The molecule has 84 valence electrons. The highest BCUT2D eigenvalue weighted by molar-refractivity contribution is 7.10. The van der Waals surface area contributed by atoms with E-state index in [1.165, 1.54) is 45.1 Å². The van der Waals surface area contributed by atoms with Gasteiger partial charge in [0.25, 0.3) is 0 Å². The average molecular weight is 223 g/mol. The van der Waals surface area contributed by atoms with Gasteiger partial charge in [-0.1, -0.05) is 13.3 Å². The van der Waals surface area contributed by atoms with E-state index < -0.39 is 0 Å². The summed E-state index contributed by atoms with van der Waals surface area (Å²) >= 11 is 1.98. The molecule has 0 fully saturated rings. The van der Waals surface area contributed by atoms with Crippen LogP contribution in [-0.2, 0) is 19.4 Å². The molecule has 0 bridgehead atoms. The van der Waals surface area contributed by atoms with Gasteiger partial charge in [-0.05, 0) is 55.2 Å². The van der Waals surface area contributed by atoms with Crippen LogP contribution in [0, 0.1) is 0 Å². The maximum atomic E-state index is 3.55. The fourth-order valence-electron chi connectivity index (χ4n) is 2.23. The lowest BCUT2D eigenvalue weighted by Gasteiger charge is -2.13. The highest BCUT2D eigenvalue weighted by Crippen LogP contribution is 2.29. The zero-order chi connectivity index (χ0) is 10.5. The summed E-state index contributed by atoms with van der Waals surface area (Å²) in [5, 5.41) is 5.92. The number of fused-ring (bicyclic) bond motifs is 1. The normalized spacial score (nSPS) is 15.3. The molecule has 0 amide bonds. The summed E-state index contributed by atoms with van der Waals surface area (Å²) in [5.74, 6) is 0. The minimum atomic E-state index is 1.09. The van der Waals surface area contributed by atoms with Gasteiger partial charge in [0.1, 0.15) is 0 Å². The minimum Gasteiger partial charge on any atom is -0.313 e. The van der Waals surface area contributed by atoms with Crippen LogP contribution in [0.4, 0.5) is 0 Å². The molecule has 0 aliphatic heterocycles. The van der Waals surface area contributed by atoms with E-state index in [9.17, 15) is 0 Å². The highest BCUT2D eigenvalue weighted by atomic mass is 32.1. The summed E-state index contributed by atoms with van der Waals surface area (Å²) in [7, 11) is 0. The molecule has 0 saturated carbocycles. The second kappa shape index (κ2) is 5.66. The molecule has 0 saturated heterocycles. The van der Waals surface area contributed by atoms with Crippen LogP contribution in [0.2, 0.25) is 0 Å². The Hall–Kier alpha value is -0.340. The first kappa shape index (κ1) is 11.2. The Kier molecular flexibility index (Phi) is 4.21. The topological polar surface area (TPSA) is 12.0 Å². The van der Waals surface area contributed by atoms with Gasteiger partial charge < -0.3 is 5.32 Å². The first-order valence-electron chi connectivity index (χ1n) is 6.20. The summed E-state index contributed by atoms with van der Waals surface area (Å²) < 4.78 is 0. The van der Waals surface area contributed by atoms with Crippen molar-refractivity contribution in [3.05, 3.63) is 21.4 Å². The molecule has 0 spiro atoms. The summed E-state index contributed by atoms with van der Waals surface area (Å²) in [6.07, 6.45) is 8.03. The molecule has 1 aromatic heterocycles. The van der Waals surface area contributed by atoms with E-state index in [0.29, 0.717) is 0 Å². The van der Waals surface area contributed by atoms with E-state index in [1.807, 2.05) is 11.3 Å². The maximum absolute atomic E-state index is 3.55. The zero-order valence-corrected chi connectivity index (χ0v) is 10.5. The molecule has 0 aromatic carbocycles. The monoisotopic (exact) mass is 223 g/mol. The van der Waals surface area contributed by atoms with E-state index in [4.69, 9.17) is 0 Å².